The third kappa shape index (κ3) is 4.30. The highest BCUT2D eigenvalue weighted by molar-refractivity contribution is 9.10. The van der Waals surface area contributed by atoms with Crippen LogP contribution in [0.25, 0.3) is 0 Å². The monoisotopic (exact) mass is 351 g/mol. The Bertz CT molecular complexity index is 572. The van der Waals surface area contributed by atoms with Gasteiger partial charge >= 0.3 is 0 Å². The van der Waals surface area contributed by atoms with Crippen LogP contribution < -0.4 is 5.73 Å². The molecule has 1 atom stereocenters. The van der Waals surface area contributed by atoms with Crippen molar-refractivity contribution < 1.29 is 0 Å². The minimum Gasteiger partial charge on any atom is -0.327 e. The fraction of sp³-hybridized carbons (Fsp3) is 0.333. The van der Waals surface area contributed by atoms with Crippen LogP contribution in [-0.2, 0) is 6.42 Å². The van der Waals surface area contributed by atoms with Gasteiger partial charge in [-0.15, -0.1) is 0 Å². The molecular weight excluding hydrogens is 334 g/mol. The lowest BCUT2D eigenvalue weighted by Gasteiger charge is -2.10. The fourth-order valence-electron chi connectivity index (χ4n) is 1.81. The molecule has 0 aliphatic carbocycles. The predicted molar refractivity (Wildman–Crippen MR) is 87.0 cm³/mol. The third-order valence-corrected chi connectivity index (χ3v) is 4.55. The first-order valence-corrected chi connectivity index (χ1v) is 8.20. The largest absolute Gasteiger partial charge is 0.327 e. The van der Waals surface area contributed by atoms with Crippen molar-refractivity contribution in [2.75, 3.05) is 0 Å². The minimum atomic E-state index is 0.211. The zero-order valence-corrected chi connectivity index (χ0v) is 14.0. The average Bonchev–Trinajstić information content (AvgIpc) is 2.44. The second kappa shape index (κ2) is 7.20. The molecule has 20 heavy (non-hydrogen) atoms. The molecule has 0 aromatic carbocycles. The van der Waals surface area contributed by atoms with E-state index in [0.717, 1.165) is 27.4 Å². The summed E-state index contributed by atoms with van der Waals surface area (Å²) in [4.78, 5) is 8.89. The molecule has 3 nitrogen and oxygen atoms in total. The molecule has 2 aromatic heterocycles. The zero-order valence-electron chi connectivity index (χ0n) is 11.6. The van der Waals surface area contributed by atoms with Crippen LogP contribution in [0, 0.1) is 6.92 Å². The van der Waals surface area contributed by atoms with Gasteiger partial charge in [0.2, 0.25) is 0 Å². The highest BCUT2D eigenvalue weighted by Gasteiger charge is 2.07. The van der Waals surface area contributed by atoms with Crippen LogP contribution in [0.4, 0.5) is 0 Å². The van der Waals surface area contributed by atoms with Crippen LogP contribution in [0.3, 0.4) is 0 Å². The van der Waals surface area contributed by atoms with Gasteiger partial charge in [0.1, 0.15) is 10.1 Å². The van der Waals surface area contributed by atoms with Gasteiger partial charge in [0.15, 0.2) is 0 Å². The molecule has 2 aromatic rings. The molecule has 0 radical (unpaired) electrons. The summed E-state index contributed by atoms with van der Waals surface area (Å²) in [6, 6.07) is 6.35. The number of aryl methyl sites for hydroxylation is 1. The van der Waals surface area contributed by atoms with Gasteiger partial charge in [-0.1, -0.05) is 13.0 Å². The van der Waals surface area contributed by atoms with E-state index in [1.54, 1.807) is 18.0 Å². The molecule has 2 N–H and O–H groups in total. The van der Waals surface area contributed by atoms with E-state index >= 15 is 0 Å². The Kier molecular flexibility index (Phi) is 5.57. The molecule has 0 amide bonds. The summed E-state index contributed by atoms with van der Waals surface area (Å²) in [5, 5.41) is 1.94. The number of rotatable bonds is 5. The highest BCUT2D eigenvalue weighted by Crippen LogP contribution is 2.28. The van der Waals surface area contributed by atoms with E-state index in [-0.39, 0.29) is 6.04 Å². The number of halogens is 1. The van der Waals surface area contributed by atoms with Crippen molar-refractivity contribution in [1.82, 2.24) is 9.97 Å². The first kappa shape index (κ1) is 15.5. The van der Waals surface area contributed by atoms with Gasteiger partial charge in [-0.25, -0.2) is 9.97 Å². The summed E-state index contributed by atoms with van der Waals surface area (Å²) in [6.45, 7) is 4.18. The van der Waals surface area contributed by atoms with E-state index in [1.807, 2.05) is 18.3 Å². The third-order valence-electron chi connectivity index (χ3n) is 3.01. The van der Waals surface area contributed by atoms with Crippen molar-refractivity contribution in [1.29, 1.82) is 0 Å². The number of hydrogen-bond donors (Lipinski definition) is 1. The summed E-state index contributed by atoms with van der Waals surface area (Å²) < 4.78 is 0.982. The SMILES string of the molecule is CCC(N)Cc1cnc(Sc2ccc(Br)cn2)c(C)c1. The van der Waals surface area contributed by atoms with E-state index in [1.165, 1.54) is 11.1 Å². The average molecular weight is 352 g/mol. The number of nitrogens with zero attached hydrogens (tertiary/aromatic N) is 2. The zero-order chi connectivity index (χ0) is 14.5. The minimum absolute atomic E-state index is 0.211. The van der Waals surface area contributed by atoms with Crippen molar-refractivity contribution in [2.45, 2.75) is 42.8 Å². The van der Waals surface area contributed by atoms with Gasteiger partial charge in [0, 0.05) is 22.9 Å². The van der Waals surface area contributed by atoms with Crippen molar-refractivity contribution in [2.24, 2.45) is 5.73 Å². The fourth-order valence-corrected chi connectivity index (χ4v) is 2.81. The first-order chi connectivity index (χ1) is 9.58. The molecule has 2 heterocycles. The standard InChI is InChI=1S/C15H18BrN3S/c1-3-13(17)7-11-6-10(2)15(19-8-11)20-14-5-4-12(16)9-18-14/h4-6,8-9,13H,3,7,17H2,1-2H3. The summed E-state index contributed by atoms with van der Waals surface area (Å²) in [6.07, 6.45) is 5.58. The van der Waals surface area contributed by atoms with E-state index in [4.69, 9.17) is 5.73 Å². The normalized spacial score (nSPS) is 12.4. The van der Waals surface area contributed by atoms with Gasteiger partial charge in [-0.2, -0.15) is 0 Å². The topological polar surface area (TPSA) is 51.8 Å². The lowest BCUT2D eigenvalue weighted by Crippen LogP contribution is -2.21. The molecule has 2 rings (SSSR count). The molecular formula is C15H18BrN3S. The molecule has 0 saturated heterocycles. The molecule has 0 bridgehead atoms. The van der Waals surface area contributed by atoms with Crippen LogP contribution in [0.2, 0.25) is 0 Å². The maximum atomic E-state index is 5.98. The molecule has 5 heteroatoms. The Morgan fingerprint density at radius 3 is 2.70 bits per heavy atom. The predicted octanol–water partition coefficient (Wildman–Crippen LogP) is 3.98. The highest BCUT2D eigenvalue weighted by atomic mass is 79.9. The Balaban J connectivity index is 2.11. The Morgan fingerprint density at radius 2 is 2.10 bits per heavy atom. The summed E-state index contributed by atoms with van der Waals surface area (Å²) in [5.74, 6) is 0. The van der Waals surface area contributed by atoms with Crippen molar-refractivity contribution in [3.63, 3.8) is 0 Å². The van der Waals surface area contributed by atoms with Crippen LogP contribution in [0.5, 0.6) is 0 Å². The quantitative estimate of drug-likeness (QED) is 0.884. The lowest BCUT2D eigenvalue weighted by atomic mass is 10.1. The van der Waals surface area contributed by atoms with Crippen molar-refractivity contribution >= 4 is 27.7 Å². The number of aromatic nitrogens is 2. The number of hydrogen-bond acceptors (Lipinski definition) is 4. The molecule has 0 spiro atoms. The Hall–Kier alpha value is -0.910. The molecule has 0 fully saturated rings. The second-order valence-electron chi connectivity index (χ2n) is 4.75. The van der Waals surface area contributed by atoms with Crippen molar-refractivity contribution in [3.8, 4) is 0 Å². The first-order valence-electron chi connectivity index (χ1n) is 6.59. The summed E-state index contributed by atoms with van der Waals surface area (Å²) in [7, 11) is 0. The molecule has 106 valence electrons. The Morgan fingerprint density at radius 1 is 1.30 bits per heavy atom. The number of nitrogens with two attached hydrogens (primary N) is 1. The van der Waals surface area contributed by atoms with E-state index in [9.17, 15) is 0 Å². The van der Waals surface area contributed by atoms with Crippen LogP contribution in [0.1, 0.15) is 24.5 Å². The van der Waals surface area contributed by atoms with Gasteiger partial charge in [0.05, 0.1) is 0 Å². The summed E-state index contributed by atoms with van der Waals surface area (Å²) >= 11 is 4.97. The van der Waals surface area contributed by atoms with Gasteiger partial charge < -0.3 is 5.73 Å². The van der Waals surface area contributed by atoms with Crippen LogP contribution in [-0.4, -0.2) is 16.0 Å². The maximum Gasteiger partial charge on any atom is 0.105 e. The van der Waals surface area contributed by atoms with Crippen LogP contribution in [0.15, 0.2) is 45.1 Å². The lowest BCUT2D eigenvalue weighted by molar-refractivity contribution is 0.644. The molecule has 0 aliphatic heterocycles. The van der Waals surface area contributed by atoms with Gasteiger partial charge in [-0.05, 0) is 70.7 Å². The van der Waals surface area contributed by atoms with Gasteiger partial charge in [-0.3, -0.25) is 0 Å². The molecule has 1 unspecified atom stereocenters. The van der Waals surface area contributed by atoms with Gasteiger partial charge in [0.25, 0.3) is 0 Å². The van der Waals surface area contributed by atoms with E-state index in [0.29, 0.717) is 0 Å². The summed E-state index contributed by atoms with van der Waals surface area (Å²) in [5.41, 5.74) is 8.35. The smallest absolute Gasteiger partial charge is 0.105 e. The molecule has 0 aliphatic rings. The van der Waals surface area contributed by atoms with E-state index < -0.39 is 0 Å². The second-order valence-corrected chi connectivity index (χ2v) is 6.68. The Labute approximate surface area is 132 Å². The number of pyridine rings is 2. The van der Waals surface area contributed by atoms with E-state index in [2.05, 4.69) is 45.8 Å². The maximum absolute atomic E-state index is 5.98. The van der Waals surface area contributed by atoms with Crippen molar-refractivity contribution in [3.05, 3.63) is 46.2 Å². The molecule has 0 saturated carbocycles. The van der Waals surface area contributed by atoms with Crippen LogP contribution >= 0.6 is 27.7 Å².